The Morgan fingerprint density at radius 2 is 1.50 bits per heavy atom. The van der Waals surface area contributed by atoms with Crippen LogP contribution in [0.4, 0.5) is 0 Å². The number of hydrogen-bond donors (Lipinski definition) is 2. The number of ether oxygens (including phenoxy) is 5. The van der Waals surface area contributed by atoms with E-state index in [1.165, 1.54) is 6.42 Å². The molecule has 1 unspecified atom stereocenters. The van der Waals surface area contributed by atoms with Crippen LogP contribution < -0.4 is 11.1 Å². The van der Waals surface area contributed by atoms with Crippen molar-refractivity contribution in [2.45, 2.75) is 44.6 Å². The van der Waals surface area contributed by atoms with Gasteiger partial charge in [-0.05, 0) is 19.3 Å². The van der Waals surface area contributed by atoms with E-state index < -0.39 is 0 Å². The van der Waals surface area contributed by atoms with Crippen LogP contribution >= 0.6 is 0 Å². The first-order valence-electron chi connectivity index (χ1n) is 10.6. The topological polar surface area (TPSA) is 118 Å². The average molecular weight is 429 g/mol. The normalized spacial score (nSPS) is 16.2. The molecule has 172 valence electrons. The second kappa shape index (κ2) is 19.3. The largest absolute Gasteiger partial charge is 0.379 e. The van der Waals surface area contributed by atoms with Gasteiger partial charge in [-0.25, -0.2) is 0 Å². The number of rotatable bonds is 18. The highest BCUT2D eigenvalue weighted by molar-refractivity contribution is 5.77. The Bertz CT molecular complexity index is 519. The summed E-state index contributed by atoms with van der Waals surface area (Å²) in [6.07, 6.45) is 5.29. The quantitative estimate of drug-likeness (QED) is 0.240. The Morgan fingerprint density at radius 1 is 0.867 bits per heavy atom. The van der Waals surface area contributed by atoms with E-state index in [-0.39, 0.29) is 30.9 Å². The highest BCUT2D eigenvalue weighted by Gasteiger charge is 2.10. The van der Waals surface area contributed by atoms with Crippen LogP contribution in [0.1, 0.15) is 38.5 Å². The Kier molecular flexibility index (Phi) is 16.9. The second-order valence-corrected chi connectivity index (χ2v) is 6.74. The molecule has 1 atom stereocenters. The molecule has 0 aliphatic heterocycles. The lowest BCUT2D eigenvalue weighted by molar-refractivity contribution is -0.127. The fourth-order valence-electron chi connectivity index (χ4n) is 2.53. The maximum absolute atomic E-state index is 11.8. The van der Waals surface area contributed by atoms with Crippen molar-refractivity contribution < 1.29 is 33.3 Å². The van der Waals surface area contributed by atoms with Crippen molar-refractivity contribution in [2.75, 3.05) is 66.0 Å². The van der Waals surface area contributed by atoms with Crippen LogP contribution in [-0.2, 0) is 33.3 Å². The average Bonchev–Trinajstić information content (AvgIpc) is 2.69. The zero-order valence-corrected chi connectivity index (χ0v) is 17.8. The minimum Gasteiger partial charge on any atom is -0.379 e. The van der Waals surface area contributed by atoms with Crippen LogP contribution in [0.3, 0.4) is 0 Å². The van der Waals surface area contributed by atoms with Crippen LogP contribution in [0.2, 0.25) is 0 Å². The Morgan fingerprint density at radius 3 is 2.17 bits per heavy atom. The van der Waals surface area contributed by atoms with Gasteiger partial charge in [0.2, 0.25) is 11.8 Å². The zero-order valence-electron chi connectivity index (χ0n) is 17.8. The molecule has 2 amide bonds. The summed E-state index contributed by atoms with van der Waals surface area (Å²) in [5.74, 6) is 5.64. The maximum atomic E-state index is 11.8. The van der Waals surface area contributed by atoms with Gasteiger partial charge in [-0.3, -0.25) is 9.59 Å². The first-order chi connectivity index (χ1) is 14.7. The predicted molar refractivity (Wildman–Crippen MR) is 111 cm³/mol. The van der Waals surface area contributed by atoms with Gasteiger partial charge in [0.1, 0.15) is 12.7 Å². The molecule has 30 heavy (non-hydrogen) atoms. The van der Waals surface area contributed by atoms with Gasteiger partial charge in [-0.15, -0.1) is 5.92 Å². The van der Waals surface area contributed by atoms with Crippen molar-refractivity contribution >= 4 is 11.8 Å². The summed E-state index contributed by atoms with van der Waals surface area (Å²) in [6.45, 7) is 3.86. The van der Waals surface area contributed by atoms with Gasteiger partial charge in [-0.1, -0.05) is 12.3 Å². The number of carbonyl (C=O) groups is 2. The molecule has 9 heteroatoms. The van der Waals surface area contributed by atoms with Crippen molar-refractivity contribution in [1.82, 2.24) is 5.32 Å². The summed E-state index contributed by atoms with van der Waals surface area (Å²) in [5.41, 5.74) is 4.99. The van der Waals surface area contributed by atoms with Crippen molar-refractivity contribution in [2.24, 2.45) is 5.73 Å². The molecule has 1 rings (SSSR count). The highest BCUT2D eigenvalue weighted by atomic mass is 16.6. The fourth-order valence-corrected chi connectivity index (χ4v) is 2.53. The molecule has 1 aliphatic rings. The van der Waals surface area contributed by atoms with E-state index in [0.717, 1.165) is 25.7 Å². The van der Waals surface area contributed by atoms with Crippen molar-refractivity contribution in [3.8, 4) is 11.8 Å². The lowest BCUT2D eigenvalue weighted by atomic mass is 10.1. The number of nitrogens with one attached hydrogen (secondary N) is 1. The van der Waals surface area contributed by atoms with Gasteiger partial charge < -0.3 is 34.7 Å². The molecular formula is C21H36N2O7. The van der Waals surface area contributed by atoms with Gasteiger partial charge in [0, 0.05) is 19.4 Å². The van der Waals surface area contributed by atoms with Crippen molar-refractivity contribution in [3.05, 3.63) is 0 Å². The molecule has 0 aromatic heterocycles. The third-order valence-corrected chi connectivity index (χ3v) is 4.12. The minimum absolute atomic E-state index is 0.0264. The molecule has 0 fully saturated rings. The van der Waals surface area contributed by atoms with Crippen LogP contribution in [0.5, 0.6) is 0 Å². The van der Waals surface area contributed by atoms with Crippen molar-refractivity contribution in [1.29, 1.82) is 0 Å². The third kappa shape index (κ3) is 17.2. The Balaban J connectivity index is 1.80. The molecule has 0 saturated heterocycles. The number of carbonyl (C=O) groups excluding carboxylic acids is 2. The van der Waals surface area contributed by atoms with E-state index in [2.05, 4.69) is 17.2 Å². The molecule has 9 nitrogen and oxygen atoms in total. The van der Waals surface area contributed by atoms with Crippen LogP contribution in [0, 0.1) is 11.8 Å². The second-order valence-electron chi connectivity index (χ2n) is 6.74. The van der Waals surface area contributed by atoms with Crippen LogP contribution in [0.15, 0.2) is 0 Å². The first-order valence-corrected chi connectivity index (χ1v) is 10.6. The van der Waals surface area contributed by atoms with Gasteiger partial charge in [0.15, 0.2) is 0 Å². The molecule has 0 aromatic carbocycles. The van der Waals surface area contributed by atoms with E-state index in [4.69, 9.17) is 29.4 Å². The fraction of sp³-hybridized carbons (Fsp3) is 0.810. The van der Waals surface area contributed by atoms with Gasteiger partial charge >= 0.3 is 0 Å². The lowest BCUT2D eigenvalue weighted by Gasteiger charge is -2.13. The van der Waals surface area contributed by atoms with E-state index in [0.29, 0.717) is 59.4 Å². The Labute approximate surface area is 179 Å². The summed E-state index contributed by atoms with van der Waals surface area (Å²) in [6, 6.07) is 0. The van der Waals surface area contributed by atoms with E-state index in [1.807, 2.05) is 0 Å². The van der Waals surface area contributed by atoms with E-state index in [1.54, 1.807) is 0 Å². The van der Waals surface area contributed by atoms with Crippen LogP contribution in [-0.4, -0.2) is 83.9 Å². The number of amides is 2. The molecule has 0 radical (unpaired) electrons. The highest BCUT2D eigenvalue weighted by Crippen LogP contribution is 2.10. The third-order valence-electron chi connectivity index (χ3n) is 4.12. The minimum atomic E-state index is -0.376. The Hall–Kier alpha value is -1.70. The monoisotopic (exact) mass is 428 g/mol. The SMILES string of the molecule is NC(=O)CCOCCOCCOCCOCCNC(=O)COC1C#CCCCCC1. The molecule has 1 aliphatic carbocycles. The van der Waals surface area contributed by atoms with Gasteiger partial charge in [-0.2, -0.15) is 0 Å². The summed E-state index contributed by atoms with van der Waals surface area (Å²) < 4.78 is 26.8. The van der Waals surface area contributed by atoms with Gasteiger partial charge in [0.05, 0.1) is 52.9 Å². The first kappa shape index (κ1) is 26.3. The number of primary amides is 1. The summed E-state index contributed by atoms with van der Waals surface area (Å²) in [4.78, 5) is 22.3. The molecule has 3 N–H and O–H groups in total. The molecule has 0 heterocycles. The van der Waals surface area contributed by atoms with E-state index >= 15 is 0 Å². The lowest BCUT2D eigenvalue weighted by Crippen LogP contribution is -2.32. The predicted octanol–water partition coefficient (Wildman–Crippen LogP) is 0.397. The van der Waals surface area contributed by atoms with Crippen molar-refractivity contribution in [3.63, 3.8) is 0 Å². The molecular weight excluding hydrogens is 392 g/mol. The van der Waals surface area contributed by atoms with E-state index in [9.17, 15) is 9.59 Å². The number of nitrogens with two attached hydrogens (primary N) is 1. The summed E-state index contributed by atoms with van der Waals surface area (Å²) in [5, 5.41) is 2.76. The van der Waals surface area contributed by atoms with Crippen LogP contribution in [0.25, 0.3) is 0 Å². The summed E-state index contributed by atoms with van der Waals surface area (Å²) in [7, 11) is 0. The van der Waals surface area contributed by atoms with Gasteiger partial charge in [0.25, 0.3) is 0 Å². The molecule has 0 saturated carbocycles. The molecule has 0 spiro atoms. The smallest absolute Gasteiger partial charge is 0.246 e. The maximum Gasteiger partial charge on any atom is 0.246 e. The standard InChI is InChI=1S/C21H36N2O7/c22-20(24)8-10-26-12-14-28-16-17-29-15-13-27-11-9-23-21(25)18-30-19-6-4-2-1-3-5-7-19/h19H,1-4,6,8-18H2,(H2,22,24)(H,23,25). The number of hydrogen-bond acceptors (Lipinski definition) is 7. The molecule has 0 bridgehead atoms. The zero-order chi connectivity index (χ0) is 21.7. The summed E-state index contributed by atoms with van der Waals surface area (Å²) >= 11 is 0. The molecule has 0 aromatic rings.